The number of aromatic nitrogens is 1. The highest BCUT2D eigenvalue weighted by atomic mass is 16.5. The van der Waals surface area contributed by atoms with E-state index >= 15 is 0 Å². The molecule has 0 spiro atoms. The average Bonchev–Trinajstić information content (AvgIpc) is 3.51. The molecule has 3 atom stereocenters. The summed E-state index contributed by atoms with van der Waals surface area (Å²) in [6, 6.07) is 28.6. The Balaban J connectivity index is 1.56. The molecule has 1 N–H and O–H groups in total. The smallest absolute Gasteiger partial charge is 0.255 e. The number of rotatable bonds is 9. The van der Waals surface area contributed by atoms with E-state index in [-0.39, 0.29) is 17.7 Å². The van der Waals surface area contributed by atoms with Crippen molar-refractivity contribution in [3.63, 3.8) is 0 Å². The number of para-hydroxylation sites is 1. The van der Waals surface area contributed by atoms with E-state index in [1.165, 1.54) is 5.56 Å². The standard InChI is InChI=1S/C38H39N3O4/c1-7-24(3)34(37(42)39-30-21-20-26(44-5)22-32(30)45-6)41-36(27-12-8-9-13-28(27)38(41)43)33-29-14-10-11-15-31(29)40(4)35(33)25-18-16-23(2)17-19-25/h8-22,24,34,36H,7H2,1-6H3,(H,39,42). The SMILES string of the molecule is CCC(C)C(C(=O)Nc1ccc(OC)cc1OC)N1C(=O)c2ccccc2C1c1c(-c2ccc(C)cc2)n(C)c2ccccc12. The fourth-order valence-electron chi connectivity index (χ4n) is 6.67. The van der Waals surface area contributed by atoms with E-state index in [4.69, 9.17) is 9.47 Å². The molecule has 1 aliphatic rings. The molecule has 2 amide bonds. The maximum absolute atomic E-state index is 14.5. The Kier molecular flexibility index (Phi) is 8.11. The van der Waals surface area contributed by atoms with Gasteiger partial charge in [0.2, 0.25) is 5.91 Å². The van der Waals surface area contributed by atoms with Gasteiger partial charge in [0.05, 0.1) is 31.6 Å². The average molecular weight is 602 g/mol. The molecule has 45 heavy (non-hydrogen) atoms. The summed E-state index contributed by atoms with van der Waals surface area (Å²) in [5.41, 5.74) is 7.36. The molecule has 3 unspecified atom stereocenters. The fourth-order valence-corrected chi connectivity index (χ4v) is 6.67. The van der Waals surface area contributed by atoms with Crippen molar-refractivity contribution in [1.29, 1.82) is 0 Å². The summed E-state index contributed by atoms with van der Waals surface area (Å²) in [5.74, 6) is 0.534. The zero-order valence-corrected chi connectivity index (χ0v) is 26.6. The monoisotopic (exact) mass is 601 g/mol. The molecule has 1 aromatic heterocycles. The Morgan fingerprint density at radius 2 is 1.64 bits per heavy atom. The molecule has 0 aliphatic carbocycles. The van der Waals surface area contributed by atoms with Crippen LogP contribution in [0.25, 0.3) is 22.2 Å². The number of fused-ring (bicyclic) bond motifs is 2. The number of ether oxygens (including phenoxy) is 2. The summed E-state index contributed by atoms with van der Waals surface area (Å²) in [6.45, 7) is 6.16. The van der Waals surface area contributed by atoms with Crippen molar-refractivity contribution in [2.24, 2.45) is 13.0 Å². The lowest BCUT2D eigenvalue weighted by Crippen LogP contribution is -2.50. The van der Waals surface area contributed by atoms with Crippen LogP contribution in [0.3, 0.4) is 0 Å². The summed E-state index contributed by atoms with van der Waals surface area (Å²) in [5, 5.41) is 4.15. The van der Waals surface area contributed by atoms with Crippen LogP contribution in [0.2, 0.25) is 0 Å². The van der Waals surface area contributed by atoms with Gasteiger partial charge in [-0.15, -0.1) is 0 Å². The Bertz CT molecular complexity index is 1890. The molecule has 0 saturated heterocycles. The van der Waals surface area contributed by atoms with Gasteiger partial charge < -0.3 is 24.3 Å². The lowest BCUT2D eigenvalue weighted by molar-refractivity contribution is -0.122. The van der Waals surface area contributed by atoms with E-state index in [0.717, 1.165) is 33.3 Å². The van der Waals surface area contributed by atoms with Gasteiger partial charge in [0.1, 0.15) is 17.5 Å². The lowest BCUT2D eigenvalue weighted by atomic mass is 9.90. The first-order chi connectivity index (χ1) is 21.8. The van der Waals surface area contributed by atoms with Crippen LogP contribution in [-0.2, 0) is 11.8 Å². The number of nitrogens with zero attached hydrogens (tertiary/aromatic N) is 2. The highest BCUT2D eigenvalue weighted by molar-refractivity contribution is 6.06. The second-order valence-corrected chi connectivity index (χ2v) is 11.8. The number of carbonyl (C=O) groups excluding carboxylic acids is 2. The van der Waals surface area contributed by atoms with Crippen LogP contribution in [0.5, 0.6) is 11.5 Å². The van der Waals surface area contributed by atoms with Crippen LogP contribution in [0.1, 0.15) is 53.4 Å². The number of methoxy groups -OCH3 is 2. The Hall–Kier alpha value is -5.04. The lowest BCUT2D eigenvalue weighted by Gasteiger charge is -2.36. The first kappa shape index (κ1) is 30.0. The van der Waals surface area contributed by atoms with Crippen LogP contribution in [0, 0.1) is 12.8 Å². The van der Waals surface area contributed by atoms with Gasteiger partial charge in [0.25, 0.3) is 5.91 Å². The van der Waals surface area contributed by atoms with Crippen molar-refractivity contribution in [2.75, 3.05) is 19.5 Å². The molecule has 7 heteroatoms. The van der Waals surface area contributed by atoms with Gasteiger partial charge in [-0.2, -0.15) is 0 Å². The molecule has 1 aliphatic heterocycles. The Labute approximate surface area is 264 Å². The zero-order valence-electron chi connectivity index (χ0n) is 26.6. The molecule has 0 radical (unpaired) electrons. The van der Waals surface area contributed by atoms with Crippen molar-refractivity contribution in [1.82, 2.24) is 9.47 Å². The zero-order chi connectivity index (χ0) is 31.8. The molecule has 0 saturated carbocycles. The number of nitrogens with one attached hydrogen (secondary N) is 1. The highest BCUT2D eigenvalue weighted by Gasteiger charge is 2.47. The van der Waals surface area contributed by atoms with Gasteiger partial charge >= 0.3 is 0 Å². The Morgan fingerprint density at radius 3 is 2.36 bits per heavy atom. The fraction of sp³-hybridized carbons (Fsp3) is 0.263. The van der Waals surface area contributed by atoms with Crippen molar-refractivity contribution in [2.45, 2.75) is 39.3 Å². The van der Waals surface area contributed by atoms with E-state index in [1.807, 2.05) is 48.2 Å². The van der Waals surface area contributed by atoms with Crippen LogP contribution in [-0.4, -0.2) is 41.5 Å². The van der Waals surface area contributed by atoms with Crippen LogP contribution in [0.15, 0.2) is 91.0 Å². The molecule has 0 bridgehead atoms. The van der Waals surface area contributed by atoms with Crippen LogP contribution >= 0.6 is 0 Å². The van der Waals surface area contributed by atoms with E-state index in [2.05, 4.69) is 67.2 Å². The number of amides is 2. The molecule has 7 nitrogen and oxygen atoms in total. The van der Waals surface area contributed by atoms with Gasteiger partial charge in [0.15, 0.2) is 0 Å². The molecule has 4 aromatic carbocycles. The summed E-state index contributed by atoms with van der Waals surface area (Å²) >= 11 is 0. The minimum atomic E-state index is -0.767. The van der Waals surface area contributed by atoms with E-state index < -0.39 is 12.1 Å². The van der Waals surface area contributed by atoms with Gasteiger partial charge in [-0.3, -0.25) is 9.59 Å². The van der Waals surface area contributed by atoms with Gasteiger partial charge in [-0.25, -0.2) is 0 Å². The van der Waals surface area contributed by atoms with E-state index in [9.17, 15) is 9.59 Å². The predicted octanol–water partition coefficient (Wildman–Crippen LogP) is 7.77. The second-order valence-electron chi connectivity index (χ2n) is 11.8. The topological polar surface area (TPSA) is 72.8 Å². The predicted molar refractivity (Wildman–Crippen MR) is 179 cm³/mol. The van der Waals surface area contributed by atoms with E-state index in [1.54, 1.807) is 32.4 Å². The summed E-state index contributed by atoms with van der Waals surface area (Å²) in [4.78, 5) is 30.8. The van der Waals surface area contributed by atoms with Crippen molar-refractivity contribution < 1.29 is 19.1 Å². The van der Waals surface area contributed by atoms with Crippen molar-refractivity contribution in [3.8, 4) is 22.8 Å². The maximum atomic E-state index is 14.5. The summed E-state index contributed by atoms with van der Waals surface area (Å²) < 4.78 is 13.2. The first-order valence-electron chi connectivity index (χ1n) is 15.4. The molecule has 230 valence electrons. The van der Waals surface area contributed by atoms with Gasteiger partial charge in [0, 0.05) is 35.1 Å². The maximum Gasteiger partial charge on any atom is 0.255 e. The molecular weight excluding hydrogens is 562 g/mol. The van der Waals surface area contributed by atoms with Crippen molar-refractivity contribution in [3.05, 3.63) is 113 Å². The Morgan fingerprint density at radius 1 is 0.933 bits per heavy atom. The second kappa shape index (κ2) is 12.2. The van der Waals surface area contributed by atoms with Crippen LogP contribution < -0.4 is 14.8 Å². The molecule has 5 aromatic rings. The number of carbonyl (C=O) groups is 2. The minimum Gasteiger partial charge on any atom is -0.497 e. The van der Waals surface area contributed by atoms with Crippen molar-refractivity contribution >= 4 is 28.4 Å². The number of anilines is 1. The summed E-state index contributed by atoms with van der Waals surface area (Å²) in [7, 11) is 5.21. The van der Waals surface area contributed by atoms with Crippen LogP contribution in [0.4, 0.5) is 5.69 Å². The first-order valence-corrected chi connectivity index (χ1v) is 15.4. The quantitative estimate of drug-likeness (QED) is 0.187. The van der Waals surface area contributed by atoms with Gasteiger partial charge in [-0.05, 0) is 48.2 Å². The third-order valence-electron chi connectivity index (χ3n) is 9.16. The number of benzene rings is 4. The molecule has 2 heterocycles. The van der Waals surface area contributed by atoms with Gasteiger partial charge in [-0.1, -0.05) is 86.5 Å². The largest absolute Gasteiger partial charge is 0.497 e. The summed E-state index contributed by atoms with van der Waals surface area (Å²) in [6.07, 6.45) is 0.699. The van der Waals surface area contributed by atoms with E-state index in [0.29, 0.717) is 29.2 Å². The number of hydrogen-bond donors (Lipinski definition) is 1. The molecule has 0 fully saturated rings. The molecular formula is C38H39N3O4. The third-order valence-corrected chi connectivity index (χ3v) is 9.16. The molecule has 6 rings (SSSR count). The number of hydrogen-bond acceptors (Lipinski definition) is 4. The third kappa shape index (κ3) is 5.12. The minimum absolute atomic E-state index is 0.146. The highest BCUT2D eigenvalue weighted by Crippen LogP contribution is 2.48. The number of aryl methyl sites for hydroxylation is 2. The normalized spacial score (nSPS) is 15.6.